The monoisotopic (exact) mass is 425 g/mol. The lowest BCUT2D eigenvalue weighted by molar-refractivity contribution is -0.115. The van der Waals surface area contributed by atoms with Gasteiger partial charge in [-0.25, -0.2) is 4.98 Å². The van der Waals surface area contributed by atoms with Gasteiger partial charge in [-0.15, -0.1) is 23.1 Å². The molecule has 1 aliphatic heterocycles. The Morgan fingerprint density at radius 1 is 1.37 bits per heavy atom. The molecule has 0 radical (unpaired) electrons. The molecule has 0 saturated carbocycles. The minimum atomic E-state index is -0.223. The van der Waals surface area contributed by atoms with Gasteiger partial charge in [0, 0.05) is 34.9 Å². The van der Waals surface area contributed by atoms with Crippen LogP contribution in [0, 0.1) is 0 Å². The number of anilines is 1. The summed E-state index contributed by atoms with van der Waals surface area (Å²) < 4.78 is 5.77. The third-order valence-corrected chi connectivity index (χ3v) is 6.33. The number of ether oxygens (including phenoxy) is 1. The fourth-order valence-electron chi connectivity index (χ4n) is 3.06. The van der Waals surface area contributed by atoms with Crippen LogP contribution in [-0.2, 0) is 16.1 Å². The van der Waals surface area contributed by atoms with Crippen LogP contribution in [0.3, 0.4) is 0 Å². The predicted molar refractivity (Wildman–Crippen MR) is 113 cm³/mol. The predicted octanol–water partition coefficient (Wildman–Crippen LogP) is 4.53. The molecule has 0 unspecified atom stereocenters. The van der Waals surface area contributed by atoms with Gasteiger partial charge in [0.15, 0.2) is 5.13 Å². The van der Waals surface area contributed by atoms with E-state index in [9.17, 15) is 4.79 Å². The normalized spacial score (nSPS) is 21.8. The zero-order valence-corrected chi connectivity index (χ0v) is 18.0. The van der Waals surface area contributed by atoms with Crippen LogP contribution in [0.15, 0.2) is 34.5 Å². The molecule has 1 aromatic heterocycles. The maximum Gasteiger partial charge on any atom is 0.239 e. The van der Waals surface area contributed by atoms with Crippen molar-refractivity contribution in [3.05, 3.63) is 40.4 Å². The van der Waals surface area contributed by atoms with Crippen molar-refractivity contribution in [2.24, 2.45) is 0 Å². The van der Waals surface area contributed by atoms with Gasteiger partial charge in [-0.3, -0.25) is 9.69 Å². The van der Waals surface area contributed by atoms with E-state index < -0.39 is 0 Å². The molecule has 1 aromatic carbocycles. The third kappa shape index (κ3) is 6.19. The Kier molecular flexibility index (Phi) is 7.16. The van der Waals surface area contributed by atoms with Crippen molar-refractivity contribution in [3.63, 3.8) is 0 Å². The van der Waals surface area contributed by atoms with Gasteiger partial charge < -0.3 is 10.1 Å². The van der Waals surface area contributed by atoms with E-state index in [-0.39, 0.29) is 23.4 Å². The molecular weight excluding hydrogens is 402 g/mol. The van der Waals surface area contributed by atoms with Gasteiger partial charge in [-0.05, 0) is 45.0 Å². The number of morpholine rings is 1. The maximum absolute atomic E-state index is 12.5. The van der Waals surface area contributed by atoms with Crippen molar-refractivity contribution in [2.75, 3.05) is 18.4 Å². The molecule has 0 spiro atoms. The molecular formula is C19H24ClN3O2S2. The lowest BCUT2D eigenvalue weighted by Crippen LogP contribution is -2.44. The van der Waals surface area contributed by atoms with Crippen LogP contribution in [0.4, 0.5) is 5.13 Å². The number of rotatable bonds is 6. The van der Waals surface area contributed by atoms with Gasteiger partial charge >= 0.3 is 0 Å². The number of hydrogen-bond donors (Lipinski definition) is 1. The molecule has 27 heavy (non-hydrogen) atoms. The first-order chi connectivity index (χ1) is 12.9. The number of amides is 1. The minimum Gasteiger partial charge on any atom is -0.373 e. The van der Waals surface area contributed by atoms with E-state index in [2.05, 4.69) is 29.0 Å². The fraction of sp³-hybridized carbons (Fsp3) is 0.474. The van der Waals surface area contributed by atoms with Gasteiger partial charge in [0.2, 0.25) is 5.91 Å². The number of hydrogen-bond acceptors (Lipinski definition) is 6. The summed E-state index contributed by atoms with van der Waals surface area (Å²) in [5.74, 6) is -0.0514. The Morgan fingerprint density at radius 3 is 2.70 bits per heavy atom. The number of carbonyl (C=O) groups is 1. The van der Waals surface area contributed by atoms with Gasteiger partial charge in [0.05, 0.1) is 23.2 Å². The molecule has 2 heterocycles. The molecule has 1 saturated heterocycles. The molecule has 3 rings (SSSR count). The van der Waals surface area contributed by atoms with E-state index >= 15 is 0 Å². The second-order valence-corrected chi connectivity index (χ2v) is 9.51. The molecule has 8 heteroatoms. The number of thiazole rings is 1. The maximum atomic E-state index is 12.5. The Hall–Kier alpha value is -1.12. The van der Waals surface area contributed by atoms with Crippen molar-refractivity contribution in [3.8, 4) is 0 Å². The van der Waals surface area contributed by atoms with Crippen LogP contribution in [0.5, 0.6) is 0 Å². The van der Waals surface area contributed by atoms with Crippen LogP contribution < -0.4 is 5.32 Å². The fourth-order valence-corrected chi connectivity index (χ4v) is 4.76. The lowest BCUT2D eigenvalue weighted by atomic mass is 10.2. The van der Waals surface area contributed by atoms with Gasteiger partial charge in [-0.2, -0.15) is 0 Å². The van der Waals surface area contributed by atoms with Crippen LogP contribution in [0.1, 0.15) is 26.5 Å². The summed E-state index contributed by atoms with van der Waals surface area (Å²) in [7, 11) is 0. The average molecular weight is 426 g/mol. The van der Waals surface area contributed by atoms with Crippen molar-refractivity contribution >= 4 is 45.7 Å². The molecule has 1 N–H and O–H groups in total. The summed E-state index contributed by atoms with van der Waals surface area (Å²) in [5.41, 5.74) is 0.981. The number of nitrogens with zero attached hydrogens (tertiary/aromatic N) is 2. The number of nitrogens with one attached hydrogen (secondary N) is 1. The molecule has 0 aliphatic carbocycles. The Morgan fingerprint density at radius 2 is 2.04 bits per heavy atom. The topological polar surface area (TPSA) is 54.5 Å². The van der Waals surface area contributed by atoms with E-state index in [1.807, 2.05) is 36.6 Å². The van der Waals surface area contributed by atoms with Crippen molar-refractivity contribution in [2.45, 2.75) is 49.7 Å². The minimum absolute atomic E-state index is 0.0514. The Labute approximate surface area is 173 Å². The molecule has 1 fully saturated rings. The summed E-state index contributed by atoms with van der Waals surface area (Å²) in [6, 6.07) is 7.50. The Bertz CT molecular complexity index is 759. The molecule has 3 atom stereocenters. The summed E-state index contributed by atoms with van der Waals surface area (Å²) in [4.78, 5) is 20.4. The molecule has 0 bridgehead atoms. The van der Waals surface area contributed by atoms with E-state index in [1.165, 1.54) is 23.1 Å². The number of thioether (sulfide) groups is 1. The van der Waals surface area contributed by atoms with Crippen molar-refractivity contribution < 1.29 is 9.53 Å². The number of aromatic nitrogens is 1. The second-order valence-electron chi connectivity index (χ2n) is 6.80. The molecule has 146 valence electrons. The first-order valence-electron chi connectivity index (χ1n) is 8.94. The van der Waals surface area contributed by atoms with E-state index in [0.29, 0.717) is 10.2 Å². The first kappa shape index (κ1) is 20.6. The number of carbonyl (C=O) groups excluding carboxylic acids is 1. The molecule has 5 nitrogen and oxygen atoms in total. The lowest BCUT2D eigenvalue weighted by Gasteiger charge is -2.34. The van der Waals surface area contributed by atoms with E-state index in [0.717, 1.165) is 30.2 Å². The second kappa shape index (κ2) is 9.39. The summed E-state index contributed by atoms with van der Waals surface area (Å²) in [5, 5.41) is 6.05. The van der Waals surface area contributed by atoms with E-state index in [1.54, 1.807) is 0 Å². The number of benzene rings is 1. The summed E-state index contributed by atoms with van der Waals surface area (Å²) in [6.07, 6.45) is 0.467. The zero-order valence-electron chi connectivity index (χ0n) is 15.6. The smallest absolute Gasteiger partial charge is 0.239 e. The molecule has 1 aliphatic rings. The highest BCUT2D eigenvalue weighted by Gasteiger charge is 2.23. The van der Waals surface area contributed by atoms with Gasteiger partial charge in [0.25, 0.3) is 0 Å². The molecule has 1 amide bonds. The van der Waals surface area contributed by atoms with Crippen molar-refractivity contribution in [1.82, 2.24) is 9.88 Å². The standard InChI is InChI=1S/C19H24ClN3O2S2/c1-12-8-23(9-13(2)25-12)10-16-11-26-19(21-16)22-18(24)14(3)27-17-6-4-15(20)5-7-17/h4-7,11-14H,8-10H2,1-3H3,(H,21,22,24)/t12-,13+,14-/m0/s1. The van der Waals surface area contributed by atoms with Crippen molar-refractivity contribution in [1.29, 1.82) is 0 Å². The van der Waals surface area contributed by atoms with Gasteiger partial charge in [-0.1, -0.05) is 11.6 Å². The van der Waals surface area contributed by atoms with Crippen LogP contribution in [-0.4, -0.2) is 46.3 Å². The first-order valence-corrected chi connectivity index (χ1v) is 11.1. The highest BCUT2D eigenvalue weighted by Crippen LogP contribution is 2.26. The van der Waals surface area contributed by atoms with Crippen LogP contribution in [0.2, 0.25) is 5.02 Å². The quantitative estimate of drug-likeness (QED) is 0.689. The SMILES string of the molecule is C[C@@H]1CN(Cc2csc(NC(=O)[C@H](C)Sc3ccc(Cl)cc3)n2)C[C@H](C)O1. The highest BCUT2D eigenvalue weighted by molar-refractivity contribution is 8.00. The van der Waals surface area contributed by atoms with Crippen LogP contribution >= 0.6 is 34.7 Å². The Balaban J connectivity index is 1.52. The largest absolute Gasteiger partial charge is 0.373 e. The number of halogens is 1. The zero-order chi connectivity index (χ0) is 19.4. The van der Waals surface area contributed by atoms with E-state index in [4.69, 9.17) is 16.3 Å². The summed E-state index contributed by atoms with van der Waals surface area (Å²) in [6.45, 7) is 8.65. The van der Waals surface area contributed by atoms with Gasteiger partial charge in [0.1, 0.15) is 0 Å². The summed E-state index contributed by atoms with van der Waals surface area (Å²) >= 11 is 8.87. The average Bonchev–Trinajstić information content (AvgIpc) is 3.02. The third-order valence-electron chi connectivity index (χ3n) is 4.16. The van der Waals surface area contributed by atoms with Crippen LogP contribution in [0.25, 0.3) is 0 Å². The highest BCUT2D eigenvalue weighted by atomic mass is 35.5. The molecule has 2 aromatic rings.